The molecular formula is C29H28ClNO5. The number of halogens is 1. The molecule has 1 amide bonds. The van der Waals surface area contributed by atoms with Gasteiger partial charge in [0, 0.05) is 11.3 Å². The Balaban J connectivity index is 1.91. The van der Waals surface area contributed by atoms with Gasteiger partial charge in [0.15, 0.2) is 0 Å². The number of carbonyl (C=O) groups is 2. The van der Waals surface area contributed by atoms with Gasteiger partial charge in [0.25, 0.3) is 11.7 Å². The highest BCUT2D eigenvalue weighted by Gasteiger charge is 2.47. The summed E-state index contributed by atoms with van der Waals surface area (Å²) in [5.41, 5.74) is 3.13. The molecule has 1 saturated heterocycles. The van der Waals surface area contributed by atoms with Crippen LogP contribution in [-0.4, -0.2) is 28.5 Å². The van der Waals surface area contributed by atoms with Crippen LogP contribution < -0.4 is 9.64 Å². The number of phenols is 1. The van der Waals surface area contributed by atoms with E-state index in [0.717, 1.165) is 11.1 Å². The predicted octanol–water partition coefficient (Wildman–Crippen LogP) is 6.32. The summed E-state index contributed by atoms with van der Waals surface area (Å²) >= 11 is 6.20. The smallest absolute Gasteiger partial charge is 0.300 e. The van der Waals surface area contributed by atoms with Gasteiger partial charge in [-0.25, -0.2) is 0 Å². The third kappa shape index (κ3) is 4.95. The molecule has 36 heavy (non-hydrogen) atoms. The van der Waals surface area contributed by atoms with Crippen molar-refractivity contribution in [1.82, 2.24) is 0 Å². The number of carbonyl (C=O) groups excluding carboxylic acids is 2. The van der Waals surface area contributed by atoms with Crippen molar-refractivity contribution in [3.8, 4) is 11.5 Å². The zero-order valence-corrected chi connectivity index (χ0v) is 21.3. The van der Waals surface area contributed by atoms with E-state index >= 15 is 0 Å². The van der Waals surface area contributed by atoms with Crippen LogP contribution in [0.5, 0.6) is 11.5 Å². The fourth-order valence-corrected chi connectivity index (χ4v) is 4.54. The molecule has 0 radical (unpaired) electrons. The van der Waals surface area contributed by atoms with E-state index in [9.17, 15) is 19.8 Å². The highest BCUT2D eigenvalue weighted by atomic mass is 35.5. The maximum Gasteiger partial charge on any atom is 0.300 e. The van der Waals surface area contributed by atoms with Crippen molar-refractivity contribution in [1.29, 1.82) is 0 Å². The molecule has 3 aromatic rings. The molecular weight excluding hydrogens is 478 g/mol. The van der Waals surface area contributed by atoms with Crippen LogP contribution in [0, 0.1) is 19.8 Å². The second-order valence-electron chi connectivity index (χ2n) is 9.46. The maximum atomic E-state index is 13.4. The van der Waals surface area contributed by atoms with Crippen LogP contribution in [-0.2, 0) is 9.59 Å². The average molecular weight is 506 g/mol. The lowest BCUT2D eigenvalue weighted by Gasteiger charge is -2.26. The van der Waals surface area contributed by atoms with Gasteiger partial charge in [0.1, 0.15) is 17.3 Å². The quantitative estimate of drug-likeness (QED) is 0.232. The monoisotopic (exact) mass is 505 g/mol. The first-order chi connectivity index (χ1) is 17.1. The summed E-state index contributed by atoms with van der Waals surface area (Å²) in [6.07, 6.45) is 0. The summed E-state index contributed by atoms with van der Waals surface area (Å²) in [4.78, 5) is 28.1. The van der Waals surface area contributed by atoms with Crippen molar-refractivity contribution in [3.05, 3.63) is 93.5 Å². The molecule has 186 valence electrons. The summed E-state index contributed by atoms with van der Waals surface area (Å²) in [6.45, 7) is 8.36. The highest BCUT2D eigenvalue weighted by Crippen LogP contribution is 2.44. The Morgan fingerprint density at radius 2 is 1.72 bits per heavy atom. The average Bonchev–Trinajstić information content (AvgIpc) is 3.09. The Morgan fingerprint density at radius 3 is 2.36 bits per heavy atom. The van der Waals surface area contributed by atoms with E-state index in [1.807, 2.05) is 45.9 Å². The van der Waals surface area contributed by atoms with Crippen molar-refractivity contribution in [2.24, 2.45) is 5.92 Å². The summed E-state index contributed by atoms with van der Waals surface area (Å²) in [5.74, 6) is -1.16. The predicted molar refractivity (Wildman–Crippen MR) is 141 cm³/mol. The topological polar surface area (TPSA) is 87.1 Å². The Labute approximate surface area is 215 Å². The molecule has 0 spiro atoms. The second-order valence-corrected chi connectivity index (χ2v) is 9.87. The number of aliphatic hydroxyl groups excluding tert-OH is 1. The second kappa shape index (κ2) is 10.1. The molecule has 1 atom stereocenters. The number of aryl methyl sites for hydroxylation is 2. The zero-order valence-electron chi connectivity index (χ0n) is 20.6. The molecule has 0 aromatic heterocycles. The molecule has 1 heterocycles. The largest absolute Gasteiger partial charge is 0.507 e. The van der Waals surface area contributed by atoms with Gasteiger partial charge in [0.2, 0.25) is 0 Å². The first-order valence-electron chi connectivity index (χ1n) is 11.7. The summed E-state index contributed by atoms with van der Waals surface area (Å²) in [7, 11) is 0. The van der Waals surface area contributed by atoms with Crippen molar-refractivity contribution >= 4 is 34.7 Å². The Kier molecular flexibility index (Phi) is 7.09. The number of amides is 1. The number of rotatable bonds is 6. The first kappa shape index (κ1) is 25.3. The number of Topliss-reactive ketones (excluding diaryl/α,β-unsaturated/α-hetero) is 1. The number of benzene rings is 3. The molecule has 1 unspecified atom stereocenters. The van der Waals surface area contributed by atoms with Crippen molar-refractivity contribution in [2.45, 2.75) is 33.7 Å². The molecule has 1 aliphatic rings. The fraction of sp³-hybridized carbons (Fsp3) is 0.241. The fourth-order valence-electron chi connectivity index (χ4n) is 4.35. The van der Waals surface area contributed by atoms with Crippen LogP contribution in [0.3, 0.4) is 0 Å². The van der Waals surface area contributed by atoms with Gasteiger partial charge in [-0.3, -0.25) is 14.5 Å². The third-order valence-electron chi connectivity index (χ3n) is 5.91. The minimum absolute atomic E-state index is 0.0677. The number of nitrogens with zero attached hydrogens (tertiary/aromatic N) is 1. The van der Waals surface area contributed by atoms with Gasteiger partial charge in [0.05, 0.1) is 23.2 Å². The Bertz CT molecular complexity index is 1360. The number of phenolic OH excluding ortho intramolecular Hbond substituents is 1. The van der Waals surface area contributed by atoms with Crippen molar-refractivity contribution in [3.63, 3.8) is 0 Å². The molecule has 0 saturated carbocycles. The zero-order chi connectivity index (χ0) is 26.1. The van der Waals surface area contributed by atoms with E-state index in [0.29, 0.717) is 35.1 Å². The van der Waals surface area contributed by atoms with Gasteiger partial charge in [-0.15, -0.1) is 0 Å². The lowest BCUT2D eigenvalue weighted by atomic mass is 9.94. The van der Waals surface area contributed by atoms with Crippen LogP contribution in [0.25, 0.3) is 5.76 Å². The molecule has 0 aliphatic carbocycles. The van der Waals surface area contributed by atoms with Gasteiger partial charge in [-0.1, -0.05) is 49.7 Å². The number of hydrogen-bond donors (Lipinski definition) is 2. The minimum Gasteiger partial charge on any atom is -0.507 e. The van der Waals surface area contributed by atoms with Crippen LogP contribution in [0.1, 0.15) is 42.1 Å². The Morgan fingerprint density at radius 1 is 1.03 bits per heavy atom. The molecule has 1 aliphatic heterocycles. The van der Waals surface area contributed by atoms with Gasteiger partial charge < -0.3 is 14.9 Å². The van der Waals surface area contributed by atoms with E-state index < -0.39 is 17.7 Å². The number of ketones is 1. The van der Waals surface area contributed by atoms with Gasteiger partial charge >= 0.3 is 0 Å². The molecule has 6 nitrogen and oxygen atoms in total. The van der Waals surface area contributed by atoms with E-state index in [2.05, 4.69) is 0 Å². The van der Waals surface area contributed by atoms with Crippen molar-refractivity contribution in [2.75, 3.05) is 11.5 Å². The van der Waals surface area contributed by atoms with Gasteiger partial charge in [-0.2, -0.15) is 0 Å². The molecule has 7 heteroatoms. The standard InChI is InChI=1S/C29H28ClNO5/c1-16(2)15-36-22-7-5-6-20(13-22)27(33)25-26(19-8-9-24(32)23(30)14-19)31(29(35)28(25)34)21-11-17(3)10-18(4)12-21/h5-14,16,26,32-33H,15H2,1-4H3/b27-25-. The van der Waals surface area contributed by atoms with Crippen LogP contribution in [0.15, 0.2) is 66.2 Å². The van der Waals surface area contributed by atoms with E-state index in [1.165, 1.54) is 17.0 Å². The lowest BCUT2D eigenvalue weighted by Crippen LogP contribution is -2.29. The maximum absolute atomic E-state index is 13.4. The Hall–Kier alpha value is -3.77. The van der Waals surface area contributed by atoms with E-state index in [4.69, 9.17) is 16.3 Å². The van der Waals surface area contributed by atoms with Crippen LogP contribution in [0.2, 0.25) is 5.02 Å². The van der Waals surface area contributed by atoms with Gasteiger partial charge in [-0.05, 0) is 72.9 Å². The summed E-state index contributed by atoms with van der Waals surface area (Å²) in [6, 6.07) is 15.9. The summed E-state index contributed by atoms with van der Waals surface area (Å²) in [5, 5.41) is 21.4. The van der Waals surface area contributed by atoms with Crippen molar-refractivity contribution < 1.29 is 24.5 Å². The van der Waals surface area contributed by atoms with Crippen LogP contribution >= 0.6 is 11.6 Å². The number of ether oxygens (including phenoxy) is 1. The van der Waals surface area contributed by atoms with E-state index in [1.54, 1.807) is 30.3 Å². The number of anilines is 1. The molecule has 1 fully saturated rings. The summed E-state index contributed by atoms with van der Waals surface area (Å²) < 4.78 is 5.78. The lowest BCUT2D eigenvalue weighted by molar-refractivity contribution is -0.132. The number of aliphatic hydroxyl groups is 1. The SMILES string of the molecule is Cc1cc(C)cc(N2C(=O)C(=O)/C(=C(\O)c3cccc(OCC(C)C)c3)C2c2ccc(O)c(Cl)c2)c1. The third-order valence-corrected chi connectivity index (χ3v) is 6.21. The number of hydrogen-bond acceptors (Lipinski definition) is 5. The molecule has 0 bridgehead atoms. The first-order valence-corrected chi connectivity index (χ1v) is 12.1. The normalized spacial score (nSPS) is 17.2. The molecule has 4 rings (SSSR count). The molecule has 2 N–H and O–H groups in total. The number of aromatic hydroxyl groups is 1. The van der Waals surface area contributed by atoms with E-state index in [-0.39, 0.29) is 22.1 Å². The highest BCUT2D eigenvalue weighted by molar-refractivity contribution is 6.51. The minimum atomic E-state index is -0.954. The van der Waals surface area contributed by atoms with Crippen LogP contribution in [0.4, 0.5) is 5.69 Å². The molecule has 3 aromatic carbocycles.